The first-order chi connectivity index (χ1) is 10.3. The fraction of sp³-hybridized carbons (Fsp3) is 0.375. The summed E-state index contributed by atoms with van der Waals surface area (Å²) in [5.74, 6) is 1.50. The first-order valence-corrected chi connectivity index (χ1v) is 7.87. The van der Waals surface area contributed by atoms with Crippen LogP contribution < -0.4 is 9.47 Å². The molecule has 21 heavy (non-hydrogen) atoms. The highest BCUT2D eigenvalue weighted by molar-refractivity contribution is 7.13. The first-order valence-electron chi connectivity index (χ1n) is 6.99. The molecule has 110 valence electrons. The van der Waals surface area contributed by atoms with E-state index in [4.69, 9.17) is 14.7 Å². The van der Waals surface area contributed by atoms with Crippen molar-refractivity contribution in [3.05, 3.63) is 29.3 Å². The Balaban J connectivity index is 2.27. The topological polar surface area (TPSA) is 55.1 Å². The zero-order valence-electron chi connectivity index (χ0n) is 12.3. The summed E-state index contributed by atoms with van der Waals surface area (Å²) >= 11 is 1.53. The van der Waals surface area contributed by atoms with Crippen LogP contribution in [-0.4, -0.2) is 18.2 Å². The zero-order valence-corrected chi connectivity index (χ0v) is 13.1. The quantitative estimate of drug-likeness (QED) is 0.774. The standard InChI is InChI=1S/C16H18N2O2S/c1-3-9-20-14-6-5-12(10-15(14)19-4-2)16-18-13(7-8-17)11-21-16/h5-6,10-11H,3-4,7,9H2,1-2H3. The Kier molecular flexibility index (Phi) is 5.59. The van der Waals surface area contributed by atoms with Gasteiger partial charge in [-0.05, 0) is 31.5 Å². The third-order valence-electron chi connectivity index (χ3n) is 2.76. The lowest BCUT2D eigenvalue weighted by atomic mass is 10.2. The maximum absolute atomic E-state index is 8.71. The lowest BCUT2D eigenvalue weighted by Gasteiger charge is -2.12. The van der Waals surface area contributed by atoms with Gasteiger partial charge in [0.05, 0.1) is 31.4 Å². The van der Waals surface area contributed by atoms with Gasteiger partial charge < -0.3 is 9.47 Å². The SMILES string of the molecule is CCCOc1ccc(-c2nc(CC#N)cs2)cc1OCC. The molecule has 0 bridgehead atoms. The second kappa shape index (κ2) is 7.65. The summed E-state index contributed by atoms with van der Waals surface area (Å²) in [6, 6.07) is 7.95. The predicted octanol–water partition coefficient (Wildman–Crippen LogP) is 4.06. The minimum atomic E-state index is 0.340. The molecule has 0 unspecified atom stereocenters. The van der Waals surface area contributed by atoms with Gasteiger partial charge in [-0.1, -0.05) is 6.92 Å². The van der Waals surface area contributed by atoms with Gasteiger partial charge in [-0.25, -0.2) is 4.98 Å². The molecule has 1 aromatic carbocycles. The van der Waals surface area contributed by atoms with Crippen molar-refractivity contribution in [2.75, 3.05) is 13.2 Å². The molecule has 0 radical (unpaired) electrons. The van der Waals surface area contributed by atoms with Gasteiger partial charge in [-0.15, -0.1) is 11.3 Å². The third kappa shape index (κ3) is 3.96. The second-order valence-electron chi connectivity index (χ2n) is 4.42. The molecule has 0 aliphatic heterocycles. The smallest absolute Gasteiger partial charge is 0.161 e. The largest absolute Gasteiger partial charge is 0.490 e. The van der Waals surface area contributed by atoms with E-state index in [1.807, 2.05) is 30.5 Å². The van der Waals surface area contributed by atoms with Crippen molar-refractivity contribution in [1.29, 1.82) is 5.26 Å². The summed E-state index contributed by atoms with van der Waals surface area (Å²) in [4.78, 5) is 4.46. The maximum atomic E-state index is 8.71. The summed E-state index contributed by atoms with van der Waals surface area (Å²) in [6.07, 6.45) is 1.30. The molecular weight excluding hydrogens is 284 g/mol. The Labute approximate surface area is 129 Å². The molecule has 0 atom stereocenters. The minimum Gasteiger partial charge on any atom is -0.490 e. The molecule has 2 rings (SSSR count). The second-order valence-corrected chi connectivity index (χ2v) is 5.28. The number of hydrogen-bond donors (Lipinski definition) is 0. The van der Waals surface area contributed by atoms with Gasteiger partial charge >= 0.3 is 0 Å². The van der Waals surface area contributed by atoms with Crippen molar-refractivity contribution >= 4 is 11.3 Å². The third-order valence-corrected chi connectivity index (χ3v) is 3.70. The van der Waals surface area contributed by atoms with Crippen LogP contribution in [0.3, 0.4) is 0 Å². The maximum Gasteiger partial charge on any atom is 0.161 e. The van der Waals surface area contributed by atoms with Crippen LogP contribution in [0, 0.1) is 11.3 Å². The van der Waals surface area contributed by atoms with Gasteiger partial charge in [-0.2, -0.15) is 5.26 Å². The molecule has 5 heteroatoms. The number of nitrogens with zero attached hydrogens (tertiary/aromatic N) is 2. The van der Waals surface area contributed by atoms with E-state index in [2.05, 4.69) is 18.0 Å². The van der Waals surface area contributed by atoms with Crippen molar-refractivity contribution in [1.82, 2.24) is 4.98 Å². The Morgan fingerprint density at radius 3 is 2.81 bits per heavy atom. The Hall–Kier alpha value is -2.06. The first kappa shape index (κ1) is 15.3. The highest BCUT2D eigenvalue weighted by Crippen LogP contribution is 2.34. The van der Waals surface area contributed by atoms with Gasteiger partial charge in [0.1, 0.15) is 5.01 Å². The van der Waals surface area contributed by atoms with Crippen LogP contribution in [0.2, 0.25) is 0 Å². The van der Waals surface area contributed by atoms with Crippen LogP contribution >= 0.6 is 11.3 Å². The molecule has 2 aromatic rings. The Morgan fingerprint density at radius 1 is 1.24 bits per heavy atom. The van der Waals surface area contributed by atoms with Crippen LogP contribution in [0.5, 0.6) is 11.5 Å². The van der Waals surface area contributed by atoms with E-state index in [1.54, 1.807) is 0 Å². The number of rotatable bonds is 7. The molecule has 0 N–H and O–H groups in total. The lowest BCUT2D eigenvalue weighted by Crippen LogP contribution is -2.00. The van der Waals surface area contributed by atoms with E-state index in [0.717, 1.165) is 34.2 Å². The highest BCUT2D eigenvalue weighted by atomic mass is 32.1. The van der Waals surface area contributed by atoms with Crippen molar-refractivity contribution in [3.8, 4) is 28.1 Å². The molecule has 0 saturated heterocycles. The normalized spacial score (nSPS) is 10.1. The summed E-state index contributed by atoms with van der Waals surface area (Å²) < 4.78 is 11.3. The summed E-state index contributed by atoms with van der Waals surface area (Å²) in [5, 5.41) is 11.5. The Morgan fingerprint density at radius 2 is 2.10 bits per heavy atom. The monoisotopic (exact) mass is 302 g/mol. The number of thiazole rings is 1. The molecule has 0 saturated carbocycles. The molecule has 0 amide bonds. The van der Waals surface area contributed by atoms with Crippen molar-refractivity contribution in [2.45, 2.75) is 26.7 Å². The fourth-order valence-corrected chi connectivity index (χ4v) is 2.66. The van der Waals surface area contributed by atoms with Gasteiger partial charge in [0, 0.05) is 10.9 Å². The van der Waals surface area contributed by atoms with Gasteiger partial charge in [0.2, 0.25) is 0 Å². The summed E-state index contributed by atoms with van der Waals surface area (Å²) in [6.45, 7) is 5.28. The van der Waals surface area contributed by atoms with Crippen LogP contribution in [0.4, 0.5) is 0 Å². The zero-order chi connectivity index (χ0) is 15.1. The molecule has 1 heterocycles. The van der Waals surface area contributed by atoms with E-state index in [0.29, 0.717) is 19.6 Å². The van der Waals surface area contributed by atoms with Crippen LogP contribution in [-0.2, 0) is 6.42 Å². The van der Waals surface area contributed by atoms with Gasteiger partial charge in [0.25, 0.3) is 0 Å². The number of nitriles is 1. The summed E-state index contributed by atoms with van der Waals surface area (Å²) in [5.41, 5.74) is 1.79. The van der Waals surface area contributed by atoms with E-state index in [1.165, 1.54) is 11.3 Å². The highest BCUT2D eigenvalue weighted by Gasteiger charge is 2.10. The molecular formula is C16H18N2O2S. The van der Waals surface area contributed by atoms with Crippen molar-refractivity contribution in [2.24, 2.45) is 0 Å². The van der Waals surface area contributed by atoms with Gasteiger partial charge in [0.15, 0.2) is 11.5 Å². The number of ether oxygens (including phenoxy) is 2. The number of hydrogen-bond acceptors (Lipinski definition) is 5. The predicted molar refractivity (Wildman–Crippen MR) is 83.8 cm³/mol. The van der Waals surface area contributed by atoms with Crippen molar-refractivity contribution < 1.29 is 9.47 Å². The van der Waals surface area contributed by atoms with Crippen LogP contribution in [0.25, 0.3) is 10.6 Å². The molecule has 4 nitrogen and oxygen atoms in total. The van der Waals surface area contributed by atoms with E-state index >= 15 is 0 Å². The van der Waals surface area contributed by atoms with E-state index < -0.39 is 0 Å². The van der Waals surface area contributed by atoms with Crippen molar-refractivity contribution in [3.63, 3.8) is 0 Å². The summed E-state index contributed by atoms with van der Waals surface area (Å²) in [7, 11) is 0. The van der Waals surface area contributed by atoms with E-state index in [9.17, 15) is 0 Å². The molecule has 0 spiro atoms. The molecule has 0 aliphatic rings. The average Bonchev–Trinajstić information content (AvgIpc) is 2.95. The number of aromatic nitrogens is 1. The number of benzene rings is 1. The average molecular weight is 302 g/mol. The fourth-order valence-electron chi connectivity index (χ4n) is 1.84. The minimum absolute atomic E-state index is 0.340. The molecule has 0 fully saturated rings. The lowest BCUT2D eigenvalue weighted by molar-refractivity contribution is 0.277. The van der Waals surface area contributed by atoms with Crippen LogP contribution in [0.15, 0.2) is 23.6 Å². The van der Waals surface area contributed by atoms with Crippen LogP contribution in [0.1, 0.15) is 26.0 Å². The van der Waals surface area contributed by atoms with E-state index in [-0.39, 0.29) is 0 Å². The van der Waals surface area contributed by atoms with Gasteiger partial charge in [-0.3, -0.25) is 0 Å². The molecule has 0 aliphatic carbocycles. The molecule has 1 aromatic heterocycles. The Bertz CT molecular complexity index is 631.